The summed E-state index contributed by atoms with van der Waals surface area (Å²) in [5, 5.41) is 4.64. The topological polar surface area (TPSA) is 31.4 Å². The number of rotatable bonds is 7. The van der Waals surface area contributed by atoms with Gasteiger partial charge in [0.1, 0.15) is 0 Å². The maximum absolute atomic E-state index is 4.59. The molecular weight excluding hydrogens is 268 g/mol. The normalized spacial score (nSPS) is 18.4. The highest BCUT2D eigenvalue weighted by molar-refractivity contribution is 7.15. The predicted octanol–water partition coefficient (Wildman–Crippen LogP) is 2.56. The summed E-state index contributed by atoms with van der Waals surface area (Å²) in [7, 11) is 0. The number of hydrogen-bond donors (Lipinski definition) is 1. The maximum Gasteiger partial charge on any atom is 0.185 e. The summed E-state index contributed by atoms with van der Waals surface area (Å²) in [5.74, 6) is 0. The van der Waals surface area contributed by atoms with E-state index < -0.39 is 0 Å². The molecule has 2 heterocycles. The summed E-state index contributed by atoms with van der Waals surface area (Å²) < 4.78 is 0. The van der Waals surface area contributed by atoms with Crippen LogP contribution in [-0.2, 0) is 6.54 Å². The highest BCUT2D eigenvalue weighted by Gasteiger charge is 2.21. The molecule has 1 aromatic rings. The van der Waals surface area contributed by atoms with Gasteiger partial charge in [0, 0.05) is 49.8 Å². The second-order valence-corrected chi connectivity index (χ2v) is 6.66. The van der Waals surface area contributed by atoms with Crippen molar-refractivity contribution < 1.29 is 0 Å². The minimum Gasteiger partial charge on any atom is -0.346 e. The van der Waals surface area contributed by atoms with E-state index in [0.717, 1.165) is 39.3 Å². The van der Waals surface area contributed by atoms with Gasteiger partial charge in [-0.3, -0.25) is 4.90 Å². The quantitative estimate of drug-likeness (QED) is 0.784. The minimum atomic E-state index is 0.710. The summed E-state index contributed by atoms with van der Waals surface area (Å²) in [6, 6.07) is 0.710. The van der Waals surface area contributed by atoms with Gasteiger partial charge in [0.05, 0.1) is 0 Å². The molecule has 1 aliphatic heterocycles. The van der Waals surface area contributed by atoms with Gasteiger partial charge in [0.2, 0.25) is 0 Å². The van der Waals surface area contributed by atoms with Crippen LogP contribution in [0.4, 0.5) is 5.13 Å². The van der Waals surface area contributed by atoms with Crippen LogP contribution in [0.15, 0.2) is 6.20 Å². The van der Waals surface area contributed by atoms with Crippen molar-refractivity contribution in [3.8, 4) is 0 Å². The van der Waals surface area contributed by atoms with Crippen LogP contribution in [0, 0.1) is 0 Å². The fraction of sp³-hybridized carbons (Fsp3) is 0.800. The number of thiazole rings is 1. The Morgan fingerprint density at radius 2 is 2.05 bits per heavy atom. The summed E-state index contributed by atoms with van der Waals surface area (Å²) in [4.78, 5) is 11.0. The molecule has 1 aliphatic rings. The Kier molecular flexibility index (Phi) is 6.26. The zero-order chi connectivity index (χ0) is 14.4. The van der Waals surface area contributed by atoms with Crippen LogP contribution in [0.2, 0.25) is 0 Å². The first-order valence-electron chi connectivity index (χ1n) is 7.89. The van der Waals surface area contributed by atoms with Crippen molar-refractivity contribution in [2.45, 2.75) is 46.2 Å². The van der Waals surface area contributed by atoms with Crippen LogP contribution in [0.25, 0.3) is 0 Å². The second kappa shape index (κ2) is 7.96. The average molecular weight is 296 g/mol. The van der Waals surface area contributed by atoms with Crippen molar-refractivity contribution >= 4 is 16.5 Å². The standard InChI is InChI=1S/C15H28N4S/c1-4-6-16-11-14-12-17-15(20-14)19-9-7-18(8-10-19)13(3)5-2/h12-13,16H,4-11H2,1-3H3. The van der Waals surface area contributed by atoms with E-state index in [1.54, 1.807) is 0 Å². The average Bonchev–Trinajstić information content (AvgIpc) is 2.96. The molecule has 1 aromatic heterocycles. The Bertz CT molecular complexity index is 385. The Hall–Kier alpha value is -0.650. The lowest BCUT2D eigenvalue weighted by Crippen LogP contribution is -2.49. The Morgan fingerprint density at radius 1 is 1.30 bits per heavy atom. The van der Waals surface area contributed by atoms with Crippen molar-refractivity contribution in [1.29, 1.82) is 0 Å². The van der Waals surface area contributed by atoms with Crippen LogP contribution in [0.3, 0.4) is 0 Å². The molecule has 0 aliphatic carbocycles. The van der Waals surface area contributed by atoms with Gasteiger partial charge < -0.3 is 10.2 Å². The van der Waals surface area contributed by atoms with Crippen molar-refractivity contribution in [2.75, 3.05) is 37.6 Å². The predicted molar refractivity (Wildman–Crippen MR) is 87.7 cm³/mol. The molecule has 0 spiro atoms. The molecule has 1 N–H and O–H groups in total. The number of nitrogens with zero attached hydrogens (tertiary/aromatic N) is 3. The van der Waals surface area contributed by atoms with E-state index in [1.165, 1.54) is 22.9 Å². The molecule has 1 saturated heterocycles. The van der Waals surface area contributed by atoms with Gasteiger partial charge in [-0.1, -0.05) is 13.8 Å². The van der Waals surface area contributed by atoms with E-state index in [-0.39, 0.29) is 0 Å². The molecule has 5 heteroatoms. The second-order valence-electron chi connectivity index (χ2n) is 5.57. The summed E-state index contributed by atoms with van der Waals surface area (Å²) in [5.41, 5.74) is 0. The smallest absolute Gasteiger partial charge is 0.185 e. The van der Waals surface area contributed by atoms with E-state index in [4.69, 9.17) is 0 Å². The van der Waals surface area contributed by atoms with Gasteiger partial charge in [-0.15, -0.1) is 11.3 Å². The van der Waals surface area contributed by atoms with Gasteiger partial charge in [-0.2, -0.15) is 0 Å². The zero-order valence-corrected chi connectivity index (χ0v) is 13.9. The van der Waals surface area contributed by atoms with E-state index in [1.807, 2.05) is 17.5 Å². The first-order valence-corrected chi connectivity index (χ1v) is 8.70. The van der Waals surface area contributed by atoms with E-state index in [2.05, 4.69) is 40.9 Å². The highest BCUT2D eigenvalue weighted by Crippen LogP contribution is 2.24. The molecule has 114 valence electrons. The Labute approximate surface area is 127 Å². The number of aromatic nitrogens is 1. The molecule has 1 unspecified atom stereocenters. The fourth-order valence-electron chi connectivity index (χ4n) is 2.53. The van der Waals surface area contributed by atoms with Crippen molar-refractivity contribution in [1.82, 2.24) is 15.2 Å². The summed E-state index contributed by atoms with van der Waals surface area (Å²) in [6.07, 6.45) is 4.46. The van der Waals surface area contributed by atoms with Crippen LogP contribution in [0.1, 0.15) is 38.5 Å². The van der Waals surface area contributed by atoms with E-state index >= 15 is 0 Å². The van der Waals surface area contributed by atoms with Gasteiger partial charge >= 0.3 is 0 Å². The van der Waals surface area contributed by atoms with E-state index in [0.29, 0.717) is 6.04 Å². The molecule has 0 aromatic carbocycles. The van der Waals surface area contributed by atoms with Gasteiger partial charge in [0.15, 0.2) is 5.13 Å². The van der Waals surface area contributed by atoms with Crippen molar-refractivity contribution in [3.05, 3.63) is 11.1 Å². The molecule has 0 radical (unpaired) electrons. The first kappa shape index (κ1) is 15.7. The van der Waals surface area contributed by atoms with Crippen LogP contribution < -0.4 is 10.2 Å². The molecule has 4 nitrogen and oxygen atoms in total. The number of nitrogens with one attached hydrogen (secondary N) is 1. The molecule has 1 atom stereocenters. The third kappa shape index (κ3) is 4.17. The van der Waals surface area contributed by atoms with Crippen LogP contribution in [-0.4, -0.2) is 48.6 Å². The van der Waals surface area contributed by atoms with Gasteiger partial charge in [0.25, 0.3) is 0 Å². The number of anilines is 1. The Morgan fingerprint density at radius 3 is 2.70 bits per heavy atom. The summed E-state index contributed by atoms with van der Waals surface area (Å²) in [6.45, 7) is 13.4. The fourth-order valence-corrected chi connectivity index (χ4v) is 3.46. The Balaban J connectivity index is 1.81. The molecule has 0 bridgehead atoms. The lowest BCUT2D eigenvalue weighted by atomic mass is 10.2. The molecule has 2 rings (SSSR count). The van der Waals surface area contributed by atoms with Gasteiger partial charge in [-0.05, 0) is 26.3 Å². The highest BCUT2D eigenvalue weighted by atomic mass is 32.1. The SMILES string of the molecule is CCCNCc1cnc(N2CCN(C(C)CC)CC2)s1. The third-order valence-electron chi connectivity index (χ3n) is 4.07. The largest absolute Gasteiger partial charge is 0.346 e. The number of piperazine rings is 1. The number of hydrogen-bond acceptors (Lipinski definition) is 5. The van der Waals surface area contributed by atoms with Crippen LogP contribution >= 0.6 is 11.3 Å². The van der Waals surface area contributed by atoms with Crippen molar-refractivity contribution in [3.63, 3.8) is 0 Å². The lowest BCUT2D eigenvalue weighted by molar-refractivity contribution is 0.193. The molecular formula is C15H28N4S. The molecule has 1 fully saturated rings. The maximum atomic E-state index is 4.59. The van der Waals surface area contributed by atoms with Crippen molar-refractivity contribution in [2.24, 2.45) is 0 Å². The molecule has 0 amide bonds. The zero-order valence-electron chi connectivity index (χ0n) is 13.1. The third-order valence-corrected chi connectivity index (χ3v) is 5.12. The lowest BCUT2D eigenvalue weighted by Gasteiger charge is -2.37. The van der Waals surface area contributed by atoms with Gasteiger partial charge in [-0.25, -0.2) is 4.98 Å². The molecule has 0 saturated carbocycles. The monoisotopic (exact) mass is 296 g/mol. The minimum absolute atomic E-state index is 0.710. The van der Waals surface area contributed by atoms with Crippen LogP contribution in [0.5, 0.6) is 0 Å². The van der Waals surface area contributed by atoms with E-state index in [9.17, 15) is 0 Å². The summed E-state index contributed by atoms with van der Waals surface area (Å²) >= 11 is 1.84. The molecule has 20 heavy (non-hydrogen) atoms. The first-order chi connectivity index (χ1) is 9.74.